The van der Waals surface area contributed by atoms with Crippen LogP contribution in [0.5, 0.6) is 0 Å². The van der Waals surface area contributed by atoms with Crippen LogP contribution in [-0.4, -0.2) is 30.4 Å². The molecule has 1 aromatic rings. The van der Waals surface area contributed by atoms with Gasteiger partial charge in [0, 0.05) is 11.7 Å². The first-order chi connectivity index (χ1) is 12.6. The van der Waals surface area contributed by atoms with Gasteiger partial charge in [-0.1, -0.05) is 6.07 Å². The highest BCUT2D eigenvalue weighted by molar-refractivity contribution is 6.05. The Kier molecular flexibility index (Phi) is 6.12. The van der Waals surface area contributed by atoms with Crippen molar-refractivity contribution < 1.29 is 32.3 Å². The van der Waals surface area contributed by atoms with Gasteiger partial charge in [0.1, 0.15) is 0 Å². The predicted molar refractivity (Wildman–Crippen MR) is 90.5 cm³/mol. The lowest BCUT2D eigenvalue weighted by molar-refractivity contribution is -0.146. The largest absolute Gasteiger partial charge is 0.466 e. The van der Waals surface area contributed by atoms with E-state index in [9.17, 15) is 27.6 Å². The molecule has 2 rings (SSSR count). The molecule has 0 radical (unpaired) electrons. The zero-order chi connectivity index (χ0) is 20.4. The van der Waals surface area contributed by atoms with E-state index < -0.39 is 47.3 Å². The SMILES string of the molecule is CCOC(=O)[C@@H]1[C@H](C(=O)Nc2cccc(C(F)(F)F)c2)[C@@H]1C(=O)NC(C)C. The molecule has 0 unspecified atom stereocenters. The fraction of sp³-hybridized carbons (Fsp3) is 0.500. The third-order valence-electron chi connectivity index (χ3n) is 4.07. The highest BCUT2D eigenvalue weighted by Gasteiger charge is 2.63. The average molecular weight is 386 g/mol. The Labute approximate surface area is 154 Å². The van der Waals surface area contributed by atoms with E-state index in [2.05, 4.69) is 10.6 Å². The maximum atomic E-state index is 12.8. The summed E-state index contributed by atoms with van der Waals surface area (Å²) in [4.78, 5) is 36.7. The maximum absolute atomic E-state index is 12.8. The van der Waals surface area contributed by atoms with Crippen molar-refractivity contribution in [2.75, 3.05) is 11.9 Å². The molecule has 9 heteroatoms. The molecular formula is C18H21F3N2O4. The lowest BCUT2D eigenvalue weighted by Crippen LogP contribution is -2.33. The molecule has 27 heavy (non-hydrogen) atoms. The van der Waals surface area contributed by atoms with Crippen molar-refractivity contribution in [1.82, 2.24) is 5.32 Å². The summed E-state index contributed by atoms with van der Waals surface area (Å²) in [6.07, 6.45) is -4.55. The number of alkyl halides is 3. The van der Waals surface area contributed by atoms with Crippen molar-refractivity contribution in [1.29, 1.82) is 0 Å². The number of esters is 1. The van der Waals surface area contributed by atoms with E-state index in [1.807, 2.05) is 0 Å². The predicted octanol–water partition coefficient (Wildman–Crippen LogP) is 2.59. The zero-order valence-corrected chi connectivity index (χ0v) is 15.1. The van der Waals surface area contributed by atoms with Gasteiger partial charge in [0.15, 0.2) is 0 Å². The van der Waals surface area contributed by atoms with Crippen LogP contribution in [0, 0.1) is 17.8 Å². The summed E-state index contributed by atoms with van der Waals surface area (Å²) in [6, 6.07) is 3.96. The second-order valence-electron chi connectivity index (χ2n) is 6.56. The molecule has 0 saturated heterocycles. The molecule has 1 aliphatic carbocycles. The Bertz CT molecular complexity index is 734. The van der Waals surface area contributed by atoms with Gasteiger partial charge in [0.05, 0.1) is 29.9 Å². The van der Waals surface area contributed by atoms with Crippen LogP contribution < -0.4 is 10.6 Å². The van der Waals surface area contributed by atoms with Crippen LogP contribution in [0.25, 0.3) is 0 Å². The second kappa shape index (κ2) is 7.98. The number of anilines is 1. The van der Waals surface area contributed by atoms with Gasteiger partial charge in [-0.15, -0.1) is 0 Å². The van der Waals surface area contributed by atoms with Crippen LogP contribution in [0.15, 0.2) is 24.3 Å². The molecule has 6 nitrogen and oxygen atoms in total. The average Bonchev–Trinajstić information content (AvgIpc) is 3.30. The number of halogens is 3. The Balaban J connectivity index is 2.15. The summed E-state index contributed by atoms with van der Waals surface area (Å²) in [6.45, 7) is 5.16. The van der Waals surface area contributed by atoms with E-state index in [-0.39, 0.29) is 18.3 Å². The van der Waals surface area contributed by atoms with E-state index in [0.29, 0.717) is 0 Å². The van der Waals surface area contributed by atoms with Crippen LogP contribution in [0.1, 0.15) is 26.3 Å². The quantitative estimate of drug-likeness (QED) is 0.736. The van der Waals surface area contributed by atoms with Gasteiger partial charge >= 0.3 is 12.1 Å². The fourth-order valence-electron chi connectivity index (χ4n) is 2.87. The standard InChI is InChI=1S/C18H21F3N2O4/c1-4-27-17(26)14-12(15(24)22-9(2)3)13(14)16(25)23-11-7-5-6-10(8-11)18(19,20)21/h5-9,12-14H,4H2,1-3H3,(H,22,24)(H,23,25)/t12-,13+,14-/m0/s1. The highest BCUT2D eigenvalue weighted by atomic mass is 19.4. The molecule has 2 N–H and O–H groups in total. The molecule has 148 valence electrons. The van der Waals surface area contributed by atoms with Gasteiger partial charge in [0.2, 0.25) is 11.8 Å². The minimum Gasteiger partial charge on any atom is -0.466 e. The van der Waals surface area contributed by atoms with Crippen LogP contribution in [-0.2, 0) is 25.3 Å². The zero-order valence-electron chi connectivity index (χ0n) is 15.1. The Hall–Kier alpha value is -2.58. The van der Waals surface area contributed by atoms with Gasteiger partial charge < -0.3 is 15.4 Å². The van der Waals surface area contributed by atoms with Crippen LogP contribution >= 0.6 is 0 Å². The molecule has 0 aliphatic heterocycles. The van der Waals surface area contributed by atoms with Gasteiger partial charge in [-0.25, -0.2) is 0 Å². The Morgan fingerprint density at radius 2 is 1.74 bits per heavy atom. The van der Waals surface area contributed by atoms with Gasteiger partial charge in [-0.3, -0.25) is 14.4 Å². The number of benzene rings is 1. The van der Waals surface area contributed by atoms with E-state index in [1.54, 1.807) is 20.8 Å². The lowest BCUT2D eigenvalue weighted by atomic mass is 10.2. The van der Waals surface area contributed by atoms with Crippen LogP contribution in [0.4, 0.5) is 18.9 Å². The first-order valence-electron chi connectivity index (χ1n) is 8.51. The van der Waals surface area contributed by atoms with Gasteiger partial charge in [0.25, 0.3) is 0 Å². The van der Waals surface area contributed by atoms with Crippen molar-refractivity contribution in [2.45, 2.75) is 33.0 Å². The van der Waals surface area contributed by atoms with Gasteiger partial charge in [-0.05, 0) is 39.0 Å². The van der Waals surface area contributed by atoms with Crippen LogP contribution in [0.2, 0.25) is 0 Å². The molecule has 0 aromatic heterocycles. The summed E-state index contributed by atoms with van der Waals surface area (Å²) in [5.74, 6) is -4.68. The molecule has 1 aliphatic rings. The highest BCUT2D eigenvalue weighted by Crippen LogP contribution is 2.48. The first kappa shape index (κ1) is 20.7. The molecule has 0 bridgehead atoms. The van der Waals surface area contributed by atoms with Gasteiger partial charge in [-0.2, -0.15) is 13.2 Å². The number of carbonyl (C=O) groups is 3. The van der Waals surface area contributed by atoms with Crippen molar-refractivity contribution in [3.63, 3.8) is 0 Å². The first-order valence-corrected chi connectivity index (χ1v) is 8.51. The smallest absolute Gasteiger partial charge is 0.416 e. The Morgan fingerprint density at radius 3 is 2.30 bits per heavy atom. The third-order valence-corrected chi connectivity index (χ3v) is 4.07. The second-order valence-corrected chi connectivity index (χ2v) is 6.56. The monoisotopic (exact) mass is 386 g/mol. The number of hydrogen-bond donors (Lipinski definition) is 2. The molecule has 0 spiro atoms. The third kappa shape index (κ3) is 4.99. The number of carbonyl (C=O) groups excluding carboxylic acids is 3. The van der Waals surface area contributed by atoms with Crippen molar-refractivity contribution in [3.05, 3.63) is 29.8 Å². The number of hydrogen-bond acceptors (Lipinski definition) is 4. The Morgan fingerprint density at radius 1 is 1.11 bits per heavy atom. The van der Waals surface area contributed by atoms with E-state index in [4.69, 9.17) is 4.74 Å². The molecule has 1 saturated carbocycles. The lowest BCUT2D eigenvalue weighted by Gasteiger charge is -2.10. The normalized spacial score (nSPS) is 21.5. The maximum Gasteiger partial charge on any atom is 0.416 e. The fourth-order valence-corrected chi connectivity index (χ4v) is 2.87. The van der Waals surface area contributed by atoms with E-state index >= 15 is 0 Å². The van der Waals surface area contributed by atoms with E-state index in [0.717, 1.165) is 18.2 Å². The summed E-state index contributed by atoms with van der Waals surface area (Å²) >= 11 is 0. The number of nitrogens with one attached hydrogen (secondary N) is 2. The van der Waals surface area contributed by atoms with E-state index in [1.165, 1.54) is 6.07 Å². The minimum absolute atomic E-state index is 0.0626. The van der Waals surface area contributed by atoms with Crippen molar-refractivity contribution in [2.24, 2.45) is 17.8 Å². The summed E-state index contributed by atoms with van der Waals surface area (Å²) < 4.78 is 43.3. The summed E-state index contributed by atoms with van der Waals surface area (Å²) in [7, 11) is 0. The molecule has 0 heterocycles. The minimum atomic E-state index is -4.55. The number of amides is 2. The molecular weight excluding hydrogens is 365 g/mol. The number of ether oxygens (including phenoxy) is 1. The van der Waals surface area contributed by atoms with Crippen LogP contribution in [0.3, 0.4) is 0 Å². The molecule has 3 atom stereocenters. The number of rotatable bonds is 6. The summed E-state index contributed by atoms with van der Waals surface area (Å²) in [5, 5.41) is 4.99. The van der Waals surface area contributed by atoms with Crippen molar-refractivity contribution in [3.8, 4) is 0 Å². The molecule has 2 amide bonds. The topological polar surface area (TPSA) is 84.5 Å². The summed E-state index contributed by atoms with van der Waals surface area (Å²) in [5.41, 5.74) is -0.973. The van der Waals surface area contributed by atoms with Crippen molar-refractivity contribution >= 4 is 23.5 Å². The molecule has 1 aromatic carbocycles. The molecule has 1 fully saturated rings.